The maximum atomic E-state index is 12.5. The second-order valence-corrected chi connectivity index (χ2v) is 8.28. The fraction of sp³-hybridized carbons (Fsp3) is 0.455. The summed E-state index contributed by atoms with van der Waals surface area (Å²) in [4.78, 5) is 0.815. The molecule has 1 N–H and O–H groups in total. The van der Waals surface area contributed by atoms with Crippen LogP contribution in [0.3, 0.4) is 0 Å². The fourth-order valence-electron chi connectivity index (χ4n) is 1.49. The minimum atomic E-state index is -3.57. The molecule has 0 aliphatic heterocycles. The first-order chi connectivity index (χ1) is 8.34. The van der Waals surface area contributed by atoms with Crippen LogP contribution in [0.5, 0.6) is 0 Å². The van der Waals surface area contributed by atoms with Gasteiger partial charge in [-0.3, -0.25) is 0 Å². The van der Waals surface area contributed by atoms with Gasteiger partial charge in [0.15, 0.2) is 0 Å². The first-order valence-electron chi connectivity index (χ1n) is 5.36. The maximum absolute atomic E-state index is 12.5. The van der Waals surface area contributed by atoms with E-state index in [2.05, 4.69) is 22.5 Å². The Hall–Kier alpha value is -0.210. The zero-order valence-corrected chi connectivity index (χ0v) is 13.5. The van der Waals surface area contributed by atoms with Crippen molar-refractivity contribution < 1.29 is 13.5 Å². The van der Waals surface area contributed by atoms with Crippen LogP contribution in [0, 0.1) is 0 Å². The molecule has 0 saturated carbocycles. The summed E-state index contributed by atoms with van der Waals surface area (Å²) < 4.78 is 26.9. The molecule has 1 aromatic rings. The summed E-state index contributed by atoms with van der Waals surface area (Å²) >= 11 is 4.46. The van der Waals surface area contributed by atoms with E-state index in [1.54, 1.807) is 6.08 Å². The van der Waals surface area contributed by atoms with E-state index < -0.39 is 10.0 Å². The Kier molecular flexibility index (Phi) is 5.54. The van der Waals surface area contributed by atoms with Gasteiger partial charge in [-0.05, 0) is 35.8 Å². The molecular weight excluding hydrogens is 338 g/mol. The van der Waals surface area contributed by atoms with Gasteiger partial charge in [-0.15, -0.1) is 17.9 Å². The number of sulfonamides is 1. The van der Waals surface area contributed by atoms with Crippen LogP contribution in [0.4, 0.5) is 0 Å². The second-order valence-electron chi connectivity index (χ2n) is 3.97. The van der Waals surface area contributed by atoms with Crippen LogP contribution in [0.1, 0.15) is 18.7 Å². The molecule has 0 aromatic carbocycles. The van der Waals surface area contributed by atoms with Gasteiger partial charge < -0.3 is 5.11 Å². The molecule has 1 aromatic heterocycles. The molecule has 0 saturated heterocycles. The van der Waals surface area contributed by atoms with Crippen molar-refractivity contribution in [3.05, 3.63) is 27.4 Å². The average Bonchev–Trinajstić information content (AvgIpc) is 2.67. The lowest BCUT2D eigenvalue weighted by atomic mass is 10.4. The quantitative estimate of drug-likeness (QED) is 0.799. The molecule has 1 heterocycles. The molecule has 0 atom stereocenters. The summed E-state index contributed by atoms with van der Waals surface area (Å²) in [6.07, 6.45) is 1.56. The van der Waals surface area contributed by atoms with Crippen molar-refractivity contribution in [2.24, 2.45) is 0 Å². The van der Waals surface area contributed by atoms with Crippen molar-refractivity contribution in [2.45, 2.75) is 31.4 Å². The largest absolute Gasteiger partial charge is 0.391 e. The molecule has 0 aliphatic rings. The average molecular weight is 354 g/mol. The zero-order valence-electron chi connectivity index (χ0n) is 10.3. The Morgan fingerprint density at radius 2 is 2.22 bits per heavy atom. The SMILES string of the molecule is C=CCN(C(C)C)S(=O)(=O)c1cc(CO)sc1Br. The molecule has 0 bridgehead atoms. The minimum Gasteiger partial charge on any atom is -0.391 e. The van der Waals surface area contributed by atoms with E-state index in [-0.39, 0.29) is 24.1 Å². The van der Waals surface area contributed by atoms with E-state index in [1.165, 1.54) is 21.7 Å². The highest BCUT2D eigenvalue weighted by Gasteiger charge is 2.29. The van der Waals surface area contributed by atoms with E-state index in [0.29, 0.717) is 8.66 Å². The number of aliphatic hydroxyl groups excluding tert-OH is 1. The van der Waals surface area contributed by atoms with Gasteiger partial charge in [0.1, 0.15) is 4.90 Å². The molecule has 0 fully saturated rings. The number of hydrogen-bond donors (Lipinski definition) is 1. The van der Waals surface area contributed by atoms with Gasteiger partial charge in [0.05, 0.1) is 10.4 Å². The minimum absolute atomic E-state index is 0.155. The number of thiophene rings is 1. The van der Waals surface area contributed by atoms with Gasteiger partial charge in [0.2, 0.25) is 10.0 Å². The Morgan fingerprint density at radius 3 is 2.61 bits per heavy atom. The van der Waals surface area contributed by atoms with Gasteiger partial charge in [-0.25, -0.2) is 8.42 Å². The van der Waals surface area contributed by atoms with Crippen molar-refractivity contribution in [3.8, 4) is 0 Å². The molecule has 1 rings (SSSR count). The van der Waals surface area contributed by atoms with Crippen LogP contribution >= 0.6 is 27.3 Å². The smallest absolute Gasteiger partial charge is 0.245 e. The number of nitrogens with zero attached hydrogens (tertiary/aromatic N) is 1. The van der Waals surface area contributed by atoms with Crippen LogP contribution in [-0.4, -0.2) is 30.4 Å². The number of rotatable bonds is 6. The normalized spacial score (nSPS) is 12.3. The van der Waals surface area contributed by atoms with Gasteiger partial charge >= 0.3 is 0 Å². The lowest BCUT2D eigenvalue weighted by molar-refractivity contribution is 0.285. The van der Waals surface area contributed by atoms with Gasteiger partial charge in [-0.2, -0.15) is 4.31 Å². The third-order valence-electron chi connectivity index (χ3n) is 2.33. The molecule has 0 aliphatic carbocycles. The van der Waals surface area contributed by atoms with Gasteiger partial charge in [-0.1, -0.05) is 6.08 Å². The van der Waals surface area contributed by atoms with Crippen LogP contribution in [0.25, 0.3) is 0 Å². The predicted molar refractivity (Wildman–Crippen MR) is 77.2 cm³/mol. The molecule has 18 heavy (non-hydrogen) atoms. The van der Waals surface area contributed by atoms with Crippen LogP contribution in [0.2, 0.25) is 0 Å². The lowest BCUT2D eigenvalue weighted by Gasteiger charge is -2.24. The van der Waals surface area contributed by atoms with Crippen LogP contribution in [0.15, 0.2) is 27.4 Å². The highest BCUT2D eigenvalue weighted by atomic mass is 79.9. The summed E-state index contributed by atoms with van der Waals surface area (Å²) in [6.45, 7) is 7.30. The zero-order chi connectivity index (χ0) is 13.9. The molecule has 102 valence electrons. The van der Waals surface area contributed by atoms with E-state index in [0.717, 1.165) is 0 Å². The lowest BCUT2D eigenvalue weighted by Crippen LogP contribution is -2.36. The summed E-state index contributed by atoms with van der Waals surface area (Å²) in [5.74, 6) is 0. The summed E-state index contributed by atoms with van der Waals surface area (Å²) in [5, 5.41) is 9.06. The third kappa shape index (κ3) is 3.21. The molecule has 0 radical (unpaired) electrons. The van der Waals surface area contributed by atoms with Gasteiger partial charge in [0.25, 0.3) is 0 Å². The second kappa shape index (κ2) is 6.29. The standard InChI is InChI=1S/C11H16BrNO3S2/c1-4-5-13(8(2)3)18(15,16)10-6-9(7-14)17-11(10)12/h4,6,8,14H,1,5,7H2,2-3H3. The predicted octanol–water partition coefficient (Wildman–Crippen LogP) is 2.59. The molecule has 0 amide bonds. The molecular formula is C11H16BrNO3S2. The van der Waals surface area contributed by atoms with Crippen molar-refractivity contribution in [3.63, 3.8) is 0 Å². The van der Waals surface area contributed by atoms with E-state index in [9.17, 15) is 8.42 Å². The third-order valence-corrected chi connectivity index (χ3v) is 6.61. The number of halogens is 1. The first-order valence-corrected chi connectivity index (χ1v) is 8.41. The highest BCUT2D eigenvalue weighted by Crippen LogP contribution is 2.34. The highest BCUT2D eigenvalue weighted by molar-refractivity contribution is 9.11. The fourth-order valence-corrected chi connectivity index (χ4v) is 5.59. The molecule has 0 unspecified atom stereocenters. The molecule has 4 nitrogen and oxygen atoms in total. The summed E-state index contributed by atoms with van der Waals surface area (Å²) in [5.41, 5.74) is 0. The maximum Gasteiger partial charge on any atom is 0.245 e. The van der Waals surface area contributed by atoms with Crippen LogP contribution < -0.4 is 0 Å². The monoisotopic (exact) mass is 353 g/mol. The Labute approximate surface area is 120 Å². The van der Waals surface area contributed by atoms with Crippen LogP contribution in [-0.2, 0) is 16.6 Å². The molecule has 7 heteroatoms. The van der Waals surface area contributed by atoms with E-state index in [4.69, 9.17) is 5.11 Å². The van der Waals surface area contributed by atoms with Crippen molar-refractivity contribution >= 4 is 37.3 Å². The van der Waals surface area contributed by atoms with E-state index in [1.807, 2.05) is 13.8 Å². The molecule has 0 spiro atoms. The van der Waals surface area contributed by atoms with Crippen molar-refractivity contribution in [1.29, 1.82) is 0 Å². The Balaban J connectivity index is 3.25. The number of aliphatic hydroxyl groups is 1. The van der Waals surface area contributed by atoms with Crippen molar-refractivity contribution in [2.75, 3.05) is 6.54 Å². The Morgan fingerprint density at radius 1 is 1.61 bits per heavy atom. The summed E-state index contributed by atoms with van der Waals surface area (Å²) in [6, 6.07) is 1.35. The number of hydrogen-bond acceptors (Lipinski definition) is 4. The topological polar surface area (TPSA) is 57.6 Å². The van der Waals surface area contributed by atoms with E-state index >= 15 is 0 Å². The Bertz CT molecular complexity index is 522. The van der Waals surface area contributed by atoms with Crippen molar-refractivity contribution in [1.82, 2.24) is 4.31 Å². The van der Waals surface area contributed by atoms with Gasteiger partial charge in [0, 0.05) is 17.5 Å². The first kappa shape index (κ1) is 15.8. The summed E-state index contributed by atoms with van der Waals surface area (Å²) in [7, 11) is -3.57.